The lowest BCUT2D eigenvalue weighted by Crippen LogP contribution is -2.00. The molecule has 0 saturated heterocycles. The first kappa shape index (κ1) is 27.7. The number of rotatable bonds is 0. The van der Waals surface area contributed by atoms with E-state index in [1.165, 1.54) is 33.4 Å². The van der Waals surface area contributed by atoms with E-state index in [-0.39, 0.29) is 22.3 Å². The van der Waals surface area contributed by atoms with Crippen LogP contribution in [0.2, 0.25) is 0 Å². The Kier molecular flexibility index (Phi) is 6.72. The Bertz CT molecular complexity index is 1690. The second-order valence-corrected chi connectivity index (χ2v) is 10.0. The zero-order chi connectivity index (χ0) is 24.9. The summed E-state index contributed by atoms with van der Waals surface area (Å²) in [5, 5.41) is 0. The minimum absolute atomic E-state index is 0. The molecule has 0 unspecified atom stereocenters. The van der Waals surface area contributed by atoms with E-state index in [1.807, 2.05) is 0 Å². The lowest BCUT2D eigenvalue weighted by atomic mass is 10.1. The van der Waals surface area contributed by atoms with Crippen molar-refractivity contribution in [1.82, 2.24) is 29.9 Å². The Morgan fingerprint density at radius 2 is 0.410 bits per heavy atom. The van der Waals surface area contributed by atoms with Crippen molar-refractivity contribution in [3.63, 3.8) is 0 Å². The van der Waals surface area contributed by atoms with E-state index in [1.54, 1.807) is 0 Å². The standard InChI is InChI=1S/C30H24N6.3CH4/c1-13-7-19-20(8-14(13)2)32-26-25(31-19)27-29(35-22-10-16(4)15(3)9-21(22)33-27)30-28(26)34-23-11-17(5)18(6)12-24(23)36-30;;;/h7-12H,1-6H3;3*1H4. The zero-order valence-corrected chi connectivity index (χ0v) is 21.1. The summed E-state index contributed by atoms with van der Waals surface area (Å²) in [4.78, 5) is 30.5. The normalized spacial score (nSPS) is 11.2. The molecule has 0 radical (unpaired) electrons. The van der Waals surface area contributed by atoms with Crippen molar-refractivity contribution in [1.29, 1.82) is 0 Å². The Balaban J connectivity index is 0.00000118. The van der Waals surface area contributed by atoms with Crippen LogP contribution in [-0.2, 0) is 0 Å². The van der Waals surface area contributed by atoms with Gasteiger partial charge in [0.1, 0.15) is 33.1 Å². The summed E-state index contributed by atoms with van der Waals surface area (Å²) in [6.45, 7) is 12.6. The molecular formula is C33H36N6. The number of hydrogen-bond donors (Lipinski definition) is 0. The average molecular weight is 517 g/mol. The SMILES string of the molecule is C.C.C.Cc1cc2nc3c4nc5cc(C)c(C)cc5nc4c4nc5cc(C)c(C)cc5nc4c3nc2cc1C. The first-order valence-electron chi connectivity index (χ1n) is 12.1. The van der Waals surface area contributed by atoms with Gasteiger partial charge in [-0.05, 0) is 111 Å². The molecule has 0 saturated carbocycles. The van der Waals surface area contributed by atoms with Gasteiger partial charge in [-0.25, -0.2) is 29.9 Å². The maximum absolute atomic E-state index is 5.08. The van der Waals surface area contributed by atoms with E-state index in [2.05, 4.69) is 77.9 Å². The van der Waals surface area contributed by atoms with Crippen molar-refractivity contribution in [2.45, 2.75) is 63.8 Å². The monoisotopic (exact) mass is 516 g/mol. The second kappa shape index (κ2) is 9.45. The Morgan fingerprint density at radius 3 is 0.538 bits per heavy atom. The zero-order valence-electron chi connectivity index (χ0n) is 21.1. The number of nitrogens with zero attached hydrogens (tertiary/aromatic N) is 6. The van der Waals surface area contributed by atoms with Gasteiger partial charge in [-0.2, -0.15) is 0 Å². The minimum Gasteiger partial charge on any atom is -0.242 e. The summed E-state index contributed by atoms with van der Waals surface area (Å²) in [5.41, 5.74) is 16.4. The molecule has 0 aliphatic carbocycles. The van der Waals surface area contributed by atoms with Gasteiger partial charge in [0.2, 0.25) is 0 Å². The van der Waals surface area contributed by atoms with Gasteiger partial charge >= 0.3 is 0 Å². The molecule has 0 bridgehead atoms. The van der Waals surface area contributed by atoms with Crippen LogP contribution in [0, 0.1) is 41.5 Å². The predicted octanol–water partition coefficient (Wildman–Crippen LogP) is 8.73. The Labute approximate surface area is 229 Å². The molecular weight excluding hydrogens is 480 g/mol. The molecule has 0 spiro atoms. The quantitative estimate of drug-likeness (QED) is 0.148. The summed E-state index contributed by atoms with van der Waals surface area (Å²) in [6.07, 6.45) is 0. The third-order valence-electron chi connectivity index (χ3n) is 7.51. The summed E-state index contributed by atoms with van der Waals surface area (Å²) in [6, 6.07) is 12.5. The van der Waals surface area contributed by atoms with Gasteiger partial charge in [0.05, 0.1) is 33.1 Å². The van der Waals surface area contributed by atoms with E-state index in [4.69, 9.17) is 29.9 Å². The predicted molar refractivity (Wildman–Crippen MR) is 167 cm³/mol. The maximum atomic E-state index is 5.08. The van der Waals surface area contributed by atoms with Crippen LogP contribution < -0.4 is 0 Å². The van der Waals surface area contributed by atoms with E-state index >= 15 is 0 Å². The first-order valence-corrected chi connectivity index (χ1v) is 12.1. The number of aryl methyl sites for hydroxylation is 6. The van der Waals surface area contributed by atoms with Gasteiger partial charge < -0.3 is 0 Å². The number of benzene rings is 4. The molecule has 4 aromatic carbocycles. The van der Waals surface area contributed by atoms with Crippen molar-refractivity contribution in [3.8, 4) is 0 Å². The lowest BCUT2D eigenvalue weighted by molar-refractivity contribution is 1.29. The fraction of sp³-hybridized carbons (Fsp3) is 0.273. The molecule has 0 aliphatic rings. The number of hydrogen-bond acceptors (Lipinski definition) is 6. The summed E-state index contributed by atoms with van der Waals surface area (Å²) in [7, 11) is 0. The molecule has 0 aliphatic heterocycles. The first-order chi connectivity index (χ1) is 17.3. The lowest BCUT2D eigenvalue weighted by Gasteiger charge is -2.12. The molecule has 7 rings (SSSR count). The van der Waals surface area contributed by atoms with Crippen LogP contribution in [-0.4, -0.2) is 29.9 Å². The summed E-state index contributed by atoms with van der Waals surface area (Å²) >= 11 is 0. The molecule has 7 aromatic rings. The maximum Gasteiger partial charge on any atom is 0.120 e. The minimum atomic E-state index is 0. The molecule has 0 amide bonds. The van der Waals surface area contributed by atoms with Crippen LogP contribution in [0.1, 0.15) is 55.7 Å². The highest BCUT2D eigenvalue weighted by molar-refractivity contribution is 6.21. The topological polar surface area (TPSA) is 77.3 Å². The molecule has 6 nitrogen and oxygen atoms in total. The molecule has 6 heteroatoms. The van der Waals surface area contributed by atoms with Gasteiger partial charge in [0, 0.05) is 0 Å². The van der Waals surface area contributed by atoms with E-state index in [0.29, 0.717) is 33.1 Å². The smallest absolute Gasteiger partial charge is 0.120 e. The van der Waals surface area contributed by atoms with Gasteiger partial charge in [-0.3, -0.25) is 0 Å². The van der Waals surface area contributed by atoms with Gasteiger partial charge in [-0.1, -0.05) is 22.3 Å². The van der Waals surface area contributed by atoms with Crippen LogP contribution in [0.25, 0.3) is 66.2 Å². The molecule has 3 aromatic heterocycles. The van der Waals surface area contributed by atoms with Gasteiger partial charge in [-0.15, -0.1) is 0 Å². The Hall–Kier alpha value is -4.32. The van der Waals surface area contributed by atoms with Crippen LogP contribution >= 0.6 is 0 Å². The van der Waals surface area contributed by atoms with Crippen molar-refractivity contribution >= 4 is 66.2 Å². The van der Waals surface area contributed by atoms with E-state index in [0.717, 1.165) is 33.1 Å². The highest BCUT2D eigenvalue weighted by Gasteiger charge is 2.19. The molecule has 0 atom stereocenters. The van der Waals surface area contributed by atoms with Crippen molar-refractivity contribution < 1.29 is 0 Å². The third kappa shape index (κ3) is 4.02. The van der Waals surface area contributed by atoms with Gasteiger partial charge in [0.15, 0.2) is 0 Å². The van der Waals surface area contributed by atoms with Crippen LogP contribution in [0.5, 0.6) is 0 Å². The highest BCUT2D eigenvalue weighted by Crippen LogP contribution is 2.34. The van der Waals surface area contributed by atoms with Crippen molar-refractivity contribution in [2.24, 2.45) is 0 Å². The number of aromatic nitrogens is 6. The van der Waals surface area contributed by atoms with E-state index < -0.39 is 0 Å². The van der Waals surface area contributed by atoms with Crippen molar-refractivity contribution in [2.75, 3.05) is 0 Å². The van der Waals surface area contributed by atoms with Crippen molar-refractivity contribution in [3.05, 3.63) is 69.8 Å². The van der Waals surface area contributed by atoms with Crippen LogP contribution in [0.15, 0.2) is 36.4 Å². The van der Waals surface area contributed by atoms with E-state index in [9.17, 15) is 0 Å². The van der Waals surface area contributed by atoms with Crippen LogP contribution in [0.3, 0.4) is 0 Å². The average Bonchev–Trinajstić information content (AvgIpc) is 2.84. The summed E-state index contributed by atoms with van der Waals surface area (Å²) < 4.78 is 0. The van der Waals surface area contributed by atoms with Crippen LogP contribution in [0.4, 0.5) is 0 Å². The largest absolute Gasteiger partial charge is 0.242 e. The molecule has 0 fully saturated rings. The molecule has 3 heterocycles. The molecule has 0 N–H and O–H groups in total. The Morgan fingerprint density at radius 1 is 0.282 bits per heavy atom. The fourth-order valence-corrected chi connectivity index (χ4v) is 4.93. The molecule has 39 heavy (non-hydrogen) atoms. The fourth-order valence-electron chi connectivity index (χ4n) is 4.93. The second-order valence-electron chi connectivity index (χ2n) is 10.0. The highest BCUT2D eigenvalue weighted by atomic mass is 14.9. The summed E-state index contributed by atoms with van der Waals surface area (Å²) in [5.74, 6) is 0. The van der Waals surface area contributed by atoms with Gasteiger partial charge in [0.25, 0.3) is 0 Å². The third-order valence-corrected chi connectivity index (χ3v) is 7.51. The molecule has 198 valence electrons. The number of fused-ring (bicyclic) bond motifs is 9.